The van der Waals surface area contributed by atoms with Gasteiger partial charge in [-0.2, -0.15) is 0 Å². The highest BCUT2D eigenvalue weighted by Gasteiger charge is 2.45. The molecule has 1 aromatic rings. The first-order valence-corrected chi connectivity index (χ1v) is 7.54. The number of nitrogens with two attached hydrogens (primary N) is 1. The summed E-state index contributed by atoms with van der Waals surface area (Å²) in [4.78, 5) is 4.37. The van der Waals surface area contributed by atoms with E-state index in [1.165, 1.54) is 6.07 Å². The van der Waals surface area contributed by atoms with Crippen LogP contribution in [0.25, 0.3) is 0 Å². The summed E-state index contributed by atoms with van der Waals surface area (Å²) >= 11 is 0. The lowest BCUT2D eigenvalue weighted by molar-refractivity contribution is 0.145. The average Bonchev–Trinajstić information content (AvgIpc) is 3.26. The summed E-state index contributed by atoms with van der Waals surface area (Å²) in [5, 5.41) is 3.06. The van der Waals surface area contributed by atoms with Crippen LogP contribution in [0.3, 0.4) is 0 Å². The van der Waals surface area contributed by atoms with Crippen LogP contribution in [0.4, 0.5) is 4.39 Å². The van der Waals surface area contributed by atoms with Crippen LogP contribution in [0.1, 0.15) is 31.7 Å². The van der Waals surface area contributed by atoms with Gasteiger partial charge in [0.2, 0.25) is 0 Å². The van der Waals surface area contributed by atoms with Gasteiger partial charge in [-0.25, -0.2) is 4.39 Å². The Morgan fingerprint density at radius 3 is 2.86 bits per heavy atom. The van der Waals surface area contributed by atoms with E-state index in [2.05, 4.69) is 10.3 Å². The van der Waals surface area contributed by atoms with E-state index in [-0.39, 0.29) is 11.2 Å². The summed E-state index contributed by atoms with van der Waals surface area (Å²) in [7, 11) is 0. The van der Waals surface area contributed by atoms with E-state index in [0.717, 1.165) is 44.6 Å². The highest BCUT2D eigenvalue weighted by molar-refractivity contribution is 5.77. The molecule has 3 N–H and O–H groups in total. The zero-order chi connectivity index (χ0) is 15.1. The Morgan fingerprint density at radius 1 is 1.43 bits per heavy atom. The molecule has 5 heteroatoms. The van der Waals surface area contributed by atoms with E-state index in [1.54, 1.807) is 6.07 Å². The Balaban J connectivity index is 1.81. The quantitative estimate of drug-likeness (QED) is 0.439. The van der Waals surface area contributed by atoms with E-state index in [9.17, 15) is 4.39 Å². The molecule has 1 aliphatic carbocycles. The van der Waals surface area contributed by atoms with E-state index in [0.29, 0.717) is 12.5 Å². The van der Waals surface area contributed by atoms with Crippen LogP contribution in [-0.4, -0.2) is 32.3 Å². The summed E-state index contributed by atoms with van der Waals surface area (Å²) in [5.41, 5.74) is 6.46. The van der Waals surface area contributed by atoms with Gasteiger partial charge >= 0.3 is 0 Å². The van der Waals surface area contributed by atoms with Crippen molar-refractivity contribution in [3.05, 3.63) is 35.6 Å². The van der Waals surface area contributed by atoms with Gasteiger partial charge < -0.3 is 15.8 Å². The topological polar surface area (TPSA) is 59.6 Å². The maximum Gasteiger partial charge on any atom is 0.188 e. The number of aliphatic imine (C=N–C) groups is 1. The number of nitrogens with one attached hydrogen (secondary N) is 1. The predicted octanol–water partition coefficient (Wildman–Crippen LogP) is 2.19. The molecule has 0 spiro atoms. The average molecular weight is 293 g/mol. The number of guanidine groups is 1. The first kappa shape index (κ1) is 15.8. The third kappa shape index (κ3) is 4.43. The Labute approximate surface area is 125 Å². The molecule has 1 fully saturated rings. The molecule has 21 heavy (non-hydrogen) atoms. The Kier molecular flexibility index (Phi) is 5.56. The molecule has 0 heterocycles. The maximum absolute atomic E-state index is 13.9. The number of halogens is 1. The number of rotatable bonds is 8. The van der Waals surface area contributed by atoms with E-state index in [1.807, 2.05) is 19.1 Å². The fraction of sp³-hybridized carbons (Fsp3) is 0.562. The van der Waals surface area contributed by atoms with Crippen LogP contribution in [0.2, 0.25) is 0 Å². The van der Waals surface area contributed by atoms with Crippen molar-refractivity contribution in [3.8, 4) is 0 Å². The Morgan fingerprint density at radius 2 is 2.19 bits per heavy atom. The molecular weight excluding hydrogens is 269 g/mol. The minimum atomic E-state index is -0.150. The van der Waals surface area contributed by atoms with Gasteiger partial charge in [0.25, 0.3) is 0 Å². The number of nitrogens with zero attached hydrogens (tertiary/aromatic N) is 1. The molecule has 1 aliphatic rings. The van der Waals surface area contributed by atoms with Crippen LogP contribution in [0, 0.1) is 5.82 Å². The van der Waals surface area contributed by atoms with Crippen LogP contribution in [0.15, 0.2) is 29.3 Å². The van der Waals surface area contributed by atoms with Gasteiger partial charge in [-0.1, -0.05) is 18.2 Å². The second-order valence-corrected chi connectivity index (χ2v) is 5.44. The van der Waals surface area contributed by atoms with Crippen LogP contribution in [0.5, 0.6) is 0 Å². The molecule has 0 amide bonds. The SMILES string of the molecule is CCOCCCNC(N)=NCC1(c2ccccc2F)CC1. The first-order chi connectivity index (χ1) is 10.2. The minimum Gasteiger partial charge on any atom is -0.382 e. The normalized spacial score (nSPS) is 16.8. The lowest BCUT2D eigenvalue weighted by atomic mass is 9.95. The van der Waals surface area contributed by atoms with Gasteiger partial charge in [-0.3, -0.25) is 4.99 Å². The summed E-state index contributed by atoms with van der Waals surface area (Å²) < 4.78 is 19.1. The van der Waals surface area contributed by atoms with Crippen LogP contribution >= 0.6 is 0 Å². The lowest BCUT2D eigenvalue weighted by Gasteiger charge is -2.14. The molecule has 1 aromatic carbocycles. The van der Waals surface area contributed by atoms with Gasteiger partial charge in [-0.05, 0) is 37.8 Å². The third-order valence-electron chi connectivity index (χ3n) is 3.83. The Bertz CT molecular complexity index is 486. The summed E-state index contributed by atoms with van der Waals surface area (Å²) in [6, 6.07) is 6.95. The predicted molar refractivity (Wildman–Crippen MR) is 82.9 cm³/mol. The largest absolute Gasteiger partial charge is 0.382 e. The van der Waals surface area contributed by atoms with Gasteiger partial charge in [0.05, 0.1) is 6.54 Å². The highest BCUT2D eigenvalue weighted by Crippen LogP contribution is 2.49. The molecule has 0 radical (unpaired) electrons. The summed E-state index contributed by atoms with van der Waals surface area (Å²) in [5.74, 6) is 0.280. The maximum atomic E-state index is 13.9. The lowest BCUT2D eigenvalue weighted by Crippen LogP contribution is -2.33. The zero-order valence-electron chi connectivity index (χ0n) is 12.6. The van der Waals surface area contributed by atoms with Gasteiger partial charge in [0.1, 0.15) is 5.82 Å². The van der Waals surface area contributed by atoms with Crippen molar-refractivity contribution in [2.45, 2.75) is 31.6 Å². The molecule has 0 saturated heterocycles. The smallest absolute Gasteiger partial charge is 0.188 e. The van der Waals surface area contributed by atoms with Crippen LogP contribution in [-0.2, 0) is 10.2 Å². The highest BCUT2D eigenvalue weighted by atomic mass is 19.1. The van der Waals surface area contributed by atoms with E-state index in [4.69, 9.17) is 10.5 Å². The Hall–Kier alpha value is -1.62. The second kappa shape index (κ2) is 7.41. The van der Waals surface area contributed by atoms with Crippen molar-refractivity contribution in [2.75, 3.05) is 26.3 Å². The third-order valence-corrected chi connectivity index (χ3v) is 3.83. The van der Waals surface area contributed by atoms with E-state index >= 15 is 0 Å². The van der Waals surface area contributed by atoms with Crippen molar-refractivity contribution in [1.82, 2.24) is 5.32 Å². The zero-order valence-corrected chi connectivity index (χ0v) is 12.6. The molecule has 4 nitrogen and oxygen atoms in total. The van der Waals surface area contributed by atoms with Gasteiger partial charge in [0, 0.05) is 25.2 Å². The molecular formula is C16H24FN3O. The molecule has 116 valence electrons. The monoisotopic (exact) mass is 293 g/mol. The summed E-state index contributed by atoms with van der Waals surface area (Å²) in [6.07, 6.45) is 2.83. The fourth-order valence-corrected chi connectivity index (χ4v) is 2.38. The molecule has 0 bridgehead atoms. The van der Waals surface area contributed by atoms with Crippen molar-refractivity contribution in [1.29, 1.82) is 0 Å². The fourth-order valence-electron chi connectivity index (χ4n) is 2.38. The van der Waals surface area contributed by atoms with Crippen molar-refractivity contribution >= 4 is 5.96 Å². The molecule has 0 unspecified atom stereocenters. The van der Waals surface area contributed by atoms with Crippen LogP contribution < -0.4 is 11.1 Å². The number of ether oxygens (including phenoxy) is 1. The molecule has 1 saturated carbocycles. The molecule has 0 aromatic heterocycles. The van der Waals surface area contributed by atoms with Crippen molar-refractivity contribution < 1.29 is 9.13 Å². The van der Waals surface area contributed by atoms with Gasteiger partial charge in [-0.15, -0.1) is 0 Å². The van der Waals surface area contributed by atoms with E-state index < -0.39 is 0 Å². The number of benzene rings is 1. The molecule has 2 rings (SSSR count). The number of hydrogen-bond acceptors (Lipinski definition) is 2. The molecule has 0 aliphatic heterocycles. The van der Waals surface area contributed by atoms with Crippen molar-refractivity contribution in [3.63, 3.8) is 0 Å². The number of hydrogen-bond donors (Lipinski definition) is 2. The first-order valence-electron chi connectivity index (χ1n) is 7.54. The summed E-state index contributed by atoms with van der Waals surface area (Å²) in [6.45, 7) is 4.70. The molecule has 0 atom stereocenters. The minimum absolute atomic E-state index is 0.145. The van der Waals surface area contributed by atoms with Crippen molar-refractivity contribution in [2.24, 2.45) is 10.7 Å². The second-order valence-electron chi connectivity index (χ2n) is 5.44. The standard InChI is InChI=1S/C16H24FN3O/c1-2-21-11-5-10-19-15(18)20-12-16(8-9-16)13-6-3-4-7-14(13)17/h3-4,6-7H,2,5,8-12H2,1H3,(H3,18,19,20). The van der Waals surface area contributed by atoms with Gasteiger partial charge in [0.15, 0.2) is 5.96 Å².